The standard InChI is InChI=1S/C19H21FN2O2.ClH/c1-13(15-10-21-11-15)19(23)22-17-6-2-4-14(8-17)12-24-18-7-3-5-16(20)9-18;/h2-9,13,15,21H,10-12H2,1H3,(H,22,23);1H. The smallest absolute Gasteiger partial charge is 0.227 e. The van der Waals surface area contributed by atoms with Crippen LogP contribution in [0.25, 0.3) is 0 Å². The van der Waals surface area contributed by atoms with Crippen LogP contribution in [0.15, 0.2) is 48.5 Å². The highest BCUT2D eigenvalue weighted by Gasteiger charge is 2.28. The number of carbonyl (C=O) groups is 1. The minimum Gasteiger partial charge on any atom is -0.489 e. The predicted octanol–water partition coefficient (Wildman–Crippen LogP) is 3.62. The van der Waals surface area contributed by atoms with E-state index < -0.39 is 0 Å². The van der Waals surface area contributed by atoms with E-state index in [9.17, 15) is 9.18 Å². The highest BCUT2D eigenvalue weighted by atomic mass is 35.5. The largest absolute Gasteiger partial charge is 0.489 e. The van der Waals surface area contributed by atoms with Crippen LogP contribution in [0.3, 0.4) is 0 Å². The molecule has 1 aliphatic rings. The van der Waals surface area contributed by atoms with Gasteiger partial charge in [-0.05, 0) is 48.8 Å². The molecule has 1 amide bonds. The number of halogens is 2. The lowest BCUT2D eigenvalue weighted by atomic mass is 9.88. The predicted molar refractivity (Wildman–Crippen MR) is 98.6 cm³/mol. The first-order valence-corrected chi connectivity index (χ1v) is 8.11. The summed E-state index contributed by atoms with van der Waals surface area (Å²) in [5.41, 5.74) is 1.66. The molecule has 25 heavy (non-hydrogen) atoms. The third-order valence-electron chi connectivity index (χ3n) is 4.33. The SMILES string of the molecule is CC(C(=O)Nc1cccc(COc2cccc(F)c2)c1)C1CNC1.Cl. The fourth-order valence-electron chi connectivity index (χ4n) is 2.60. The van der Waals surface area contributed by atoms with Gasteiger partial charge in [0.1, 0.15) is 18.2 Å². The average Bonchev–Trinajstić information content (AvgIpc) is 2.52. The quantitative estimate of drug-likeness (QED) is 0.823. The fourth-order valence-corrected chi connectivity index (χ4v) is 2.60. The molecule has 1 fully saturated rings. The van der Waals surface area contributed by atoms with Gasteiger partial charge in [0.25, 0.3) is 0 Å². The van der Waals surface area contributed by atoms with Crippen molar-refractivity contribution >= 4 is 24.0 Å². The molecule has 1 unspecified atom stereocenters. The molecule has 6 heteroatoms. The zero-order valence-corrected chi connectivity index (χ0v) is 14.8. The van der Waals surface area contributed by atoms with Crippen LogP contribution >= 0.6 is 12.4 Å². The van der Waals surface area contributed by atoms with Gasteiger partial charge in [0.05, 0.1) is 0 Å². The van der Waals surface area contributed by atoms with Crippen LogP contribution in [0, 0.1) is 17.7 Å². The number of rotatable bonds is 6. The number of hydrogen-bond acceptors (Lipinski definition) is 3. The summed E-state index contributed by atoms with van der Waals surface area (Å²) in [7, 11) is 0. The monoisotopic (exact) mass is 364 g/mol. The van der Waals surface area contributed by atoms with Crippen LogP contribution < -0.4 is 15.4 Å². The Morgan fingerprint density at radius 2 is 2.04 bits per heavy atom. The number of hydrogen-bond donors (Lipinski definition) is 2. The number of ether oxygens (including phenoxy) is 1. The van der Waals surface area contributed by atoms with Gasteiger partial charge >= 0.3 is 0 Å². The molecule has 1 saturated heterocycles. The average molecular weight is 365 g/mol. The summed E-state index contributed by atoms with van der Waals surface area (Å²) < 4.78 is 18.7. The van der Waals surface area contributed by atoms with E-state index in [0.717, 1.165) is 24.3 Å². The van der Waals surface area contributed by atoms with Crippen LogP contribution in [-0.4, -0.2) is 19.0 Å². The molecule has 0 saturated carbocycles. The first-order chi connectivity index (χ1) is 11.6. The van der Waals surface area contributed by atoms with Crippen molar-refractivity contribution in [3.05, 3.63) is 59.9 Å². The van der Waals surface area contributed by atoms with Crippen LogP contribution in [0.1, 0.15) is 12.5 Å². The summed E-state index contributed by atoms with van der Waals surface area (Å²) in [5, 5.41) is 6.14. The van der Waals surface area contributed by atoms with Gasteiger partial charge in [-0.15, -0.1) is 12.4 Å². The maximum atomic E-state index is 13.1. The Balaban J connectivity index is 0.00000225. The summed E-state index contributed by atoms with van der Waals surface area (Å²) in [6.45, 7) is 4.07. The third kappa shape index (κ3) is 5.18. The number of benzene rings is 2. The lowest BCUT2D eigenvalue weighted by Gasteiger charge is -2.31. The molecule has 1 atom stereocenters. The minimum absolute atomic E-state index is 0. The zero-order chi connectivity index (χ0) is 16.9. The van der Waals surface area contributed by atoms with Crippen LogP contribution in [-0.2, 0) is 11.4 Å². The van der Waals surface area contributed by atoms with Crippen molar-refractivity contribution in [2.24, 2.45) is 11.8 Å². The second kappa shape index (κ2) is 8.83. The molecule has 0 bridgehead atoms. The molecule has 0 aromatic heterocycles. The fraction of sp³-hybridized carbons (Fsp3) is 0.316. The molecule has 1 heterocycles. The zero-order valence-electron chi connectivity index (χ0n) is 14.0. The van der Waals surface area contributed by atoms with Gasteiger partial charge in [0, 0.05) is 17.7 Å². The van der Waals surface area contributed by atoms with Crippen molar-refractivity contribution in [2.75, 3.05) is 18.4 Å². The molecule has 2 N–H and O–H groups in total. The molecule has 4 nitrogen and oxygen atoms in total. The molecule has 0 radical (unpaired) electrons. The van der Waals surface area contributed by atoms with E-state index in [1.165, 1.54) is 12.1 Å². The Kier molecular flexibility index (Phi) is 6.79. The van der Waals surface area contributed by atoms with Gasteiger partial charge in [-0.1, -0.05) is 25.1 Å². The molecular formula is C19H22ClFN2O2. The van der Waals surface area contributed by atoms with E-state index in [1.54, 1.807) is 12.1 Å². The van der Waals surface area contributed by atoms with Gasteiger partial charge in [0.15, 0.2) is 0 Å². The van der Waals surface area contributed by atoms with E-state index >= 15 is 0 Å². The molecule has 3 rings (SSSR count). The molecule has 1 aliphatic heterocycles. The van der Waals surface area contributed by atoms with E-state index in [4.69, 9.17) is 4.74 Å². The summed E-state index contributed by atoms with van der Waals surface area (Å²) in [6, 6.07) is 13.6. The van der Waals surface area contributed by atoms with Crippen LogP contribution in [0.5, 0.6) is 5.75 Å². The second-order valence-corrected chi connectivity index (χ2v) is 6.14. The van der Waals surface area contributed by atoms with Crippen molar-refractivity contribution < 1.29 is 13.9 Å². The molecule has 2 aromatic carbocycles. The lowest BCUT2D eigenvalue weighted by molar-refractivity contribution is -0.121. The summed E-state index contributed by atoms with van der Waals surface area (Å²) in [6.07, 6.45) is 0. The molecule has 0 aliphatic carbocycles. The summed E-state index contributed by atoms with van der Waals surface area (Å²) in [5.74, 6) is 0.580. The maximum Gasteiger partial charge on any atom is 0.227 e. The summed E-state index contributed by atoms with van der Waals surface area (Å²) in [4.78, 5) is 12.3. The van der Waals surface area contributed by atoms with Gasteiger partial charge < -0.3 is 15.4 Å². The maximum absolute atomic E-state index is 13.1. The number of amides is 1. The Morgan fingerprint density at radius 3 is 2.72 bits per heavy atom. The third-order valence-corrected chi connectivity index (χ3v) is 4.33. The van der Waals surface area contributed by atoms with Gasteiger partial charge in [-0.25, -0.2) is 4.39 Å². The Bertz CT molecular complexity index is 722. The normalized spacial score (nSPS) is 14.8. The summed E-state index contributed by atoms with van der Waals surface area (Å²) >= 11 is 0. The van der Waals surface area contributed by atoms with Crippen molar-refractivity contribution in [3.8, 4) is 5.75 Å². The first kappa shape index (κ1) is 19.2. The molecule has 2 aromatic rings. The van der Waals surface area contributed by atoms with Gasteiger partial charge in [-0.2, -0.15) is 0 Å². The first-order valence-electron chi connectivity index (χ1n) is 8.11. The Labute approximate surface area is 153 Å². The van der Waals surface area contributed by atoms with E-state index in [2.05, 4.69) is 10.6 Å². The number of anilines is 1. The Morgan fingerprint density at radius 1 is 1.28 bits per heavy atom. The van der Waals surface area contributed by atoms with Crippen molar-refractivity contribution in [1.29, 1.82) is 0 Å². The van der Waals surface area contributed by atoms with Crippen LogP contribution in [0.2, 0.25) is 0 Å². The Hall–Kier alpha value is -2.11. The number of carbonyl (C=O) groups excluding carboxylic acids is 1. The lowest BCUT2D eigenvalue weighted by Crippen LogP contribution is -2.48. The van der Waals surface area contributed by atoms with Crippen molar-refractivity contribution in [2.45, 2.75) is 13.5 Å². The second-order valence-electron chi connectivity index (χ2n) is 6.14. The van der Waals surface area contributed by atoms with E-state index in [0.29, 0.717) is 18.3 Å². The van der Waals surface area contributed by atoms with Crippen molar-refractivity contribution in [3.63, 3.8) is 0 Å². The topological polar surface area (TPSA) is 50.4 Å². The van der Waals surface area contributed by atoms with E-state index in [1.807, 2.05) is 31.2 Å². The van der Waals surface area contributed by atoms with E-state index in [-0.39, 0.29) is 30.0 Å². The van der Waals surface area contributed by atoms with Crippen molar-refractivity contribution in [1.82, 2.24) is 5.32 Å². The molecule has 0 spiro atoms. The highest BCUT2D eigenvalue weighted by molar-refractivity contribution is 5.92. The van der Waals surface area contributed by atoms with Gasteiger partial charge in [-0.3, -0.25) is 4.79 Å². The van der Waals surface area contributed by atoms with Crippen LogP contribution in [0.4, 0.5) is 10.1 Å². The van der Waals surface area contributed by atoms with Gasteiger partial charge in [0.2, 0.25) is 5.91 Å². The highest BCUT2D eigenvalue weighted by Crippen LogP contribution is 2.20. The number of nitrogens with one attached hydrogen (secondary N) is 2. The molecular weight excluding hydrogens is 343 g/mol. The minimum atomic E-state index is -0.326. The molecule has 134 valence electrons.